The van der Waals surface area contributed by atoms with Crippen LogP contribution in [0.15, 0.2) is 39.7 Å². The Kier molecular flexibility index (Phi) is 3.42. The second-order valence-electron chi connectivity index (χ2n) is 3.48. The van der Waals surface area contributed by atoms with Crippen molar-refractivity contribution in [1.82, 2.24) is 9.97 Å². The number of pyridine rings is 2. The predicted molar refractivity (Wildman–Crippen MR) is 71.4 cm³/mol. The zero-order valence-corrected chi connectivity index (χ0v) is 10.7. The topological polar surface area (TPSA) is 101 Å². The van der Waals surface area contributed by atoms with E-state index in [9.17, 15) is 9.59 Å². The third-order valence-electron chi connectivity index (χ3n) is 2.11. The van der Waals surface area contributed by atoms with Crippen LogP contribution in [0.2, 0.25) is 0 Å². The van der Waals surface area contributed by atoms with Gasteiger partial charge in [0.1, 0.15) is 11.5 Å². The number of nitrogens with one attached hydrogen (secondary N) is 2. The van der Waals surface area contributed by atoms with Crippen molar-refractivity contribution in [2.45, 2.75) is 0 Å². The summed E-state index contributed by atoms with van der Waals surface area (Å²) in [6, 6.07) is 5.95. The lowest BCUT2D eigenvalue weighted by atomic mass is 10.3. The van der Waals surface area contributed by atoms with Crippen molar-refractivity contribution in [2.24, 2.45) is 0 Å². The van der Waals surface area contributed by atoms with E-state index in [1.165, 1.54) is 24.4 Å². The number of nitrogen functional groups attached to an aromatic ring is 1. The molecule has 0 radical (unpaired) electrons. The zero-order chi connectivity index (χ0) is 13.1. The molecular formula is C11H9BrN4O2. The molecule has 0 aromatic carbocycles. The highest BCUT2D eigenvalue weighted by Gasteiger charge is 2.10. The number of hydrogen-bond acceptors (Lipinski definition) is 4. The number of aromatic amines is 1. The van der Waals surface area contributed by atoms with Gasteiger partial charge in [-0.3, -0.25) is 9.59 Å². The van der Waals surface area contributed by atoms with Gasteiger partial charge in [-0.2, -0.15) is 0 Å². The van der Waals surface area contributed by atoms with Gasteiger partial charge in [0.15, 0.2) is 0 Å². The minimum atomic E-state index is -0.453. The maximum atomic E-state index is 11.8. The molecular weight excluding hydrogens is 300 g/mol. The highest BCUT2D eigenvalue weighted by molar-refractivity contribution is 9.10. The van der Waals surface area contributed by atoms with Crippen LogP contribution in [0.4, 0.5) is 11.5 Å². The fourth-order valence-electron chi connectivity index (χ4n) is 1.30. The molecule has 0 bridgehead atoms. The molecule has 0 aliphatic carbocycles. The van der Waals surface area contributed by atoms with Gasteiger partial charge in [-0.15, -0.1) is 0 Å². The molecule has 2 aromatic rings. The molecule has 0 spiro atoms. The SMILES string of the molecule is Nc1cnc(NC(=O)c2cccc(=O)[nH]2)c(Br)c1. The summed E-state index contributed by atoms with van der Waals surface area (Å²) in [4.78, 5) is 29.3. The van der Waals surface area contributed by atoms with E-state index in [2.05, 4.69) is 31.2 Å². The van der Waals surface area contributed by atoms with Crippen molar-refractivity contribution >= 4 is 33.3 Å². The smallest absolute Gasteiger partial charge is 0.273 e. The third-order valence-corrected chi connectivity index (χ3v) is 2.71. The van der Waals surface area contributed by atoms with Crippen LogP contribution in [0, 0.1) is 0 Å². The summed E-state index contributed by atoms with van der Waals surface area (Å²) < 4.78 is 0.564. The van der Waals surface area contributed by atoms with E-state index in [-0.39, 0.29) is 11.3 Å². The summed E-state index contributed by atoms with van der Waals surface area (Å²) in [7, 11) is 0. The van der Waals surface area contributed by atoms with Gasteiger partial charge in [0.2, 0.25) is 5.56 Å². The van der Waals surface area contributed by atoms with Crippen molar-refractivity contribution in [3.05, 3.63) is 51.0 Å². The Morgan fingerprint density at radius 3 is 2.89 bits per heavy atom. The van der Waals surface area contributed by atoms with Crippen molar-refractivity contribution in [2.75, 3.05) is 11.1 Å². The van der Waals surface area contributed by atoms with Crippen molar-refractivity contribution in [1.29, 1.82) is 0 Å². The maximum Gasteiger partial charge on any atom is 0.273 e. The van der Waals surface area contributed by atoms with Crippen LogP contribution in [0.3, 0.4) is 0 Å². The number of rotatable bonds is 2. The Morgan fingerprint density at radius 2 is 2.22 bits per heavy atom. The Hall–Kier alpha value is -2.15. The number of nitrogens with two attached hydrogens (primary N) is 1. The number of H-pyrrole nitrogens is 1. The Labute approximate surface area is 110 Å². The number of halogens is 1. The molecule has 0 aliphatic rings. The first-order valence-corrected chi connectivity index (χ1v) is 5.77. The summed E-state index contributed by atoms with van der Waals surface area (Å²) in [5.74, 6) is -0.121. The first-order valence-electron chi connectivity index (χ1n) is 4.98. The number of carbonyl (C=O) groups excluding carboxylic acids is 1. The van der Waals surface area contributed by atoms with Crippen LogP contribution in [0.25, 0.3) is 0 Å². The monoisotopic (exact) mass is 308 g/mol. The number of carbonyl (C=O) groups is 1. The van der Waals surface area contributed by atoms with Gasteiger partial charge < -0.3 is 16.0 Å². The third kappa shape index (κ3) is 2.75. The molecule has 0 saturated carbocycles. The fraction of sp³-hybridized carbons (Fsp3) is 0. The van der Waals surface area contributed by atoms with E-state index in [0.717, 1.165) is 0 Å². The number of amides is 1. The lowest BCUT2D eigenvalue weighted by Crippen LogP contribution is -2.18. The lowest BCUT2D eigenvalue weighted by Gasteiger charge is -2.06. The van der Waals surface area contributed by atoms with Crippen LogP contribution in [0.1, 0.15) is 10.5 Å². The summed E-state index contributed by atoms with van der Waals surface area (Å²) in [5.41, 5.74) is 5.84. The van der Waals surface area contributed by atoms with Crippen LogP contribution < -0.4 is 16.6 Å². The van der Waals surface area contributed by atoms with E-state index in [1.54, 1.807) is 6.07 Å². The minimum absolute atomic E-state index is 0.160. The molecule has 6 nitrogen and oxygen atoms in total. The quantitative estimate of drug-likeness (QED) is 0.780. The average molecular weight is 309 g/mol. The molecule has 0 fully saturated rings. The molecule has 7 heteroatoms. The number of nitrogens with zero attached hydrogens (tertiary/aromatic N) is 1. The van der Waals surface area contributed by atoms with Gasteiger partial charge in [-0.05, 0) is 28.1 Å². The summed E-state index contributed by atoms with van der Waals surface area (Å²) in [5, 5.41) is 2.56. The van der Waals surface area contributed by atoms with Crippen molar-refractivity contribution in [3.63, 3.8) is 0 Å². The minimum Gasteiger partial charge on any atom is -0.397 e. The van der Waals surface area contributed by atoms with Crippen molar-refractivity contribution in [3.8, 4) is 0 Å². The predicted octanol–water partition coefficient (Wildman–Crippen LogP) is 1.37. The van der Waals surface area contributed by atoms with E-state index in [1.807, 2.05) is 0 Å². The average Bonchev–Trinajstić information content (AvgIpc) is 2.32. The van der Waals surface area contributed by atoms with Crippen LogP contribution in [-0.2, 0) is 0 Å². The molecule has 0 aliphatic heterocycles. The zero-order valence-electron chi connectivity index (χ0n) is 9.11. The van der Waals surface area contributed by atoms with Gasteiger partial charge in [0, 0.05) is 6.07 Å². The summed E-state index contributed by atoms with van der Waals surface area (Å²) >= 11 is 3.23. The molecule has 0 unspecified atom stereocenters. The first-order chi connectivity index (χ1) is 8.56. The molecule has 2 rings (SSSR count). The first kappa shape index (κ1) is 12.3. The Morgan fingerprint density at radius 1 is 1.44 bits per heavy atom. The van der Waals surface area contributed by atoms with Gasteiger partial charge in [0.05, 0.1) is 16.4 Å². The summed E-state index contributed by atoms with van der Waals surface area (Å²) in [6.07, 6.45) is 1.42. The number of aromatic nitrogens is 2. The van der Waals surface area contributed by atoms with E-state index < -0.39 is 5.91 Å². The van der Waals surface area contributed by atoms with Crippen molar-refractivity contribution < 1.29 is 4.79 Å². The van der Waals surface area contributed by atoms with E-state index in [0.29, 0.717) is 16.0 Å². The van der Waals surface area contributed by atoms with Gasteiger partial charge in [-0.25, -0.2) is 4.98 Å². The standard InChI is InChI=1S/C11H9BrN4O2/c12-7-4-6(13)5-14-10(7)16-11(18)8-2-1-3-9(17)15-8/h1-5H,13H2,(H,15,17)(H,14,16,18). The highest BCUT2D eigenvalue weighted by atomic mass is 79.9. The van der Waals surface area contributed by atoms with E-state index in [4.69, 9.17) is 5.73 Å². The van der Waals surface area contributed by atoms with Crippen LogP contribution in [-0.4, -0.2) is 15.9 Å². The summed E-state index contributed by atoms with van der Waals surface area (Å²) in [6.45, 7) is 0. The van der Waals surface area contributed by atoms with Gasteiger partial charge in [-0.1, -0.05) is 6.07 Å². The Bertz CT molecular complexity index is 653. The van der Waals surface area contributed by atoms with Crippen LogP contribution in [0.5, 0.6) is 0 Å². The number of hydrogen-bond donors (Lipinski definition) is 3. The maximum absolute atomic E-state index is 11.8. The van der Waals surface area contributed by atoms with Gasteiger partial charge in [0.25, 0.3) is 5.91 Å². The Balaban J connectivity index is 2.24. The second-order valence-corrected chi connectivity index (χ2v) is 4.34. The molecule has 2 aromatic heterocycles. The number of anilines is 2. The normalized spacial score (nSPS) is 10.1. The van der Waals surface area contributed by atoms with Crippen LogP contribution >= 0.6 is 15.9 Å². The fourth-order valence-corrected chi connectivity index (χ4v) is 1.77. The molecule has 1 amide bonds. The van der Waals surface area contributed by atoms with Gasteiger partial charge >= 0.3 is 0 Å². The molecule has 92 valence electrons. The highest BCUT2D eigenvalue weighted by Crippen LogP contribution is 2.21. The molecule has 0 atom stereocenters. The molecule has 2 heterocycles. The largest absolute Gasteiger partial charge is 0.397 e. The van der Waals surface area contributed by atoms with E-state index >= 15 is 0 Å². The second kappa shape index (κ2) is 5.01. The molecule has 0 saturated heterocycles. The molecule has 18 heavy (non-hydrogen) atoms. The molecule has 4 N–H and O–H groups in total. The lowest BCUT2D eigenvalue weighted by molar-refractivity contribution is 0.102.